The van der Waals surface area contributed by atoms with E-state index in [1.165, 1.54) is 6.08 Å². The van der Waals surface area contributed by atoms with Crippen molar-refractivity contribution in [3.8, 4) is 5.75 Å². The predicted molar refractivity (Wildman–Crippen MR) is 97.7 cm³/mol. The van der Waals surface area contributed by atoms with E-state index < -0.39 is 5.91 Å². The van der Waals surface area contributed by atoms with Crippen LogP contribution in [0.2, 0.25) is 0 Å². The number of primary amides is 1. The van der Waals surface area contributed by atoms with E-state index in [-0.39, 0.29) is 12.5 Å². The van der Waals surface area contributed by atoms with E-state index in [4.69, 9.17) is 10.5 Å². The molecule has 0 atom stereocenters. The number of halogens is 1. The Kier molecular flexibility index (Phi) is 6.14. The van der Waals surface area contributed by atoms with Crippen molar-refractivity contribution in [2.45, 2.75) is 6.92 Å². The van der Waals surface area contributed by atoms with Gasteiger partial charge < -0.3 is 15.8 Å². The van der Waals surface area contributed by atoms with E-state index in [9.17, 15) is 9.59 Å². The van der Waals surface area contributed by atoms with Crippen molar-refractivity contribution in [2.75, 3.05) is 11.9 Å². The fourth-order valence-electron chi connectivity index (χ4n) is 1.94. The van der Waals surface area contributed by atoms with Gasteiger partial charge in [-0.25, -0.2) is 0 Å². The fourth-order valence-corrected chi connectivity index (χ4v) is 2.42. The van der Waals surface area contributed by atoms with Crippen LogP contribution < -0.4 is 15.8 Å². The Bertz CT molecular complexity index is 770. The third-order valence-corrected chi connectivity index (χ3v) is 3.63. The molecule has 0 heterocycles. The van der Waals surface area contributed by atoms with E-state index in [0.717, 1.165) is 21.3 Å². The van der Waals surface area contributed by atoms with Crippen LogP contribution in [-0.2, 0) is 9.59 Å². The molecule has 0 saturated carbocycles. The summed E-state index contributed by atoms with van der Waals surface area (Å²) in [6.45, 7) is 1.76. The van der Waals surface area contributed by atoms with Crippen molar-refractivity contribution in [3.05, 3.63) is 64.1 Å². The molecule has 0 saturated heterocycles. The monoisotopic (exact) mass is 388 g/mol. The maximum atomic E-state index is 12.0. The molecule has 0 unspecified atom stereocenters. The molecule has 2 rings (SSSR count). The Morgan fingerprint density at radius 3 is 2.54 bits per heavy atom. The average Bonchev–Trinajstić information content (AvgIpc) is 2.54. The number of carbonyl (C=O) groups excluding carboxylic acids is 2. The molecular formula is C18H17BrN2O3. The highest BCUT2D eigenvalue weighted by atomic mass is 79.9. The second kappa shape index (κ2) is 8.31. The van der Waals surface area contributed by atoms with Gasteiger partial charge in [0.1, 0.15) is 5.75 Å². The first-order valence-corrected chi connectivity index (χ1v) is 8.00. The molecule has 3 N–H and O–H groups in total. The number of rotatable bonds is 6. The van der Waals surface area contributed by atoms with Crippen LogP contribution in [-0.4, -0.2) is 18.4 Å². The number of anilines is 1. The number of aryl methyl sites for hydroxylation is 1. The minimum absolute atomic E-state index is 0.163. The van der Waals surface area contributed by atoms with Crippen LogP contribution in [0.25, 0.3) is 6.08 Å². The summed E-state index contributed by atoms with van der Waals surface area (Å²) in [4.78, 5) is 22.6. The van der Waals surface area contributed by atoms with Gasteiger partial charge in [0.15, 0.2) is 6.61 Å². The molecule has 0 aliphatic heterocycles. The summed E-state index contributed by atoms with van der Waals surface area (Å²) in [6.07, 6.45) is 3.15. The molecule has 2 amide bonds. The van der Waals surface area contributed by atoms with Gasteiger partial charge in [0.2, 0.25) is 5.91 Å². The van der Waals surface area contributed by atoms with Crippen molar-refractivity contribution in [1.82, 2.24) is 0 Å². The van der Waals surface area contributed by atoms with E-state index in [1.807, 2.05) is 25.1 Å². The minimum Gasteiger partial charge on any atom is -0.484 e. The molecule has 5 nitrogen and oxygen atoms in total. The summed E-state index contributed by atoms with van der Waals surface area (Å²) >= 11 is 3.39. The smallest absolute Gasteiger partial charge is 0.255 e. The highest BCUT2D eigenvalue weighted by Gasteiger charge is 2.02. The number of benzene rings is 2. The van der Waals surface area contributed by atoms with Crippen molar-refractivity contribution in [2.24, 2.45) is 5.73 Å². The van der Waals surface area contributed by atoms with Crippen LogP contribution in [0.1, 0.15) is 11.1 Å². The molecule has 0 aromatic heterocycles. The highest BCUT2D eigenvalue weighted by molar-refractivity contribution is 9.10. The highest BCUT2D eigenvalue weighted by Crippen LogP contribution is 2.20. The van der Waals surface area contributed by atoms with Gasteiger partial charge in [-0.1, -0.05) is 28.1 Å². The van der Waals surface area contributed by atoms with E-state index in [2.05, 4.69) is 21.2 Å². The minimum atomic E-state index is -0.529. The van der Waals surface area contributed by atoms with Gasteiger partial charge >= 0.3 is 0 Å². The Morgan fingerprint density at radius 2 is 1.92 bits per heavy atom. The summed E-state index contributed by atoms with van der Waals surface area (Å²) < 4.78 is 6.13. The van der Waals surface area contributed by atoms with Gasteiger partial charge in [0.05, 0.1) is 0 Å². The number of ether oxygens (including phenoxy) is 1. The molecule has 0 bridgehead atoms. The number of carbonyl (C=O) groups is 2. The Balaban J connectivity index is 1.94. The zero-order valence-corrected chi connectivity index (χ0v) is 14.7. The third kappa shape index (κ3) is 5.55. The van der Waals surface area contributed by atoms with E-state index in [1.54, 1.807) is 30.3 Å². The standard InChI is InChI=1S/C18H17BrN2O3/c1-12-10-14(19)5-8-16(12)21-18(23)9-4-13-2-6-15(7-3-13)24-11-17(20)22/h2-10H,11H2,1H3,(H2,20,22)(H,21,23)/b9-4+. The Morgan fingerprint density at radius 1 is 1.21 bits per heavy atom. The lowest BCUT2D eigenvalue weighted by Gasteiger charge is -2.06. The van der Waals surface area contributed by atoms with Crippen molar-refractivity contribution >= 4 is 39.5 Å². The molecule has 6 heteroatoms. The summed E-state index contributed by atoms with van der Waals surface area (Å²) in [6, 6.07) is 12.6. The normalized spacial score (nSPS) is 10.6. The van der Waals surface area contributed by atoms with Crippen LogP contribution in [0.15, 0.2) is 53.0 Å². The van der Waals surface area contributed by atoms with E-state index in [0.29, 0.717) is 5.75 Å². The fraction of sp³-hybridized carbons (Fsp3) is 0.111. The van der Waals surface area contributed by atoms with Gasteiger partial charge in [-0.15, -0.1) is 0 Å². The van der Waals surface area contributed by atoms with Crippen LogP contribution in [0.3, 0.4) is 0 Å². The van der Waals surface area contributed by atoms with Crippen molar-refractivity contribution < 1.29 is 14.3 Å². The van der Waals surface area contributed by atoms with Gasteiger partial charge in [0, 0.05) is 16.2 Å². The van der Waals surface area contributed by atoms with Crippen LogP contribution in [0, 0.1) is 6.92 Å². The van der Waals surface area contributed by atoms with Crippen molar-refractivity contribution in [3.63, 3.8) is 0 Å². The van der Waals surface area contributed by atoms with Gasteiger partial charge in [0.25, 0.3) is 5.91 Å². The second-order valence-electron chi connectivity index (χ2n) is 5.11. The van der Waals surface area contributed by atoms with Gasteiger partial charge in [-0.05, 0) is 54.5 Å². The molecule has 0 spiro atoms. The van der Waals surface area contributed by atoms with E-state index >= 15 is 0 Å². The van der Waals surface area contributed by atoms with Crippen LogP contribution in [0.5, 0.6) is 5.75 Å². The van der Waals surface area contributed by atoms with Crippen LogP contribution >= 0.6 is 15.9 Å². The number of hydrogen-bond donors (Lipinski definition) is 2. The van der Waals surface area contributed by atoms with Crippen LogP contribution in [0.4, 0.5) is 5.69 Å². The Labute approximate surface area is 148 Å². The first kappa shape index (κ1) is 17.7. The lowest BCUT2D eigenvalue weighted by atomic mass is 10.2. The van der Waals surface area contributed by atoms with Gasteiger partial charge in [-0.2, -0.15) is 0 Å². The average molecular weight is 389 g/mol. The lowest BCUT2D eigenvalue weighted by molar-refractivity contribution is -0.120. The summed E-state index contributed by atoms with van der Waals surface area (Å²) in [5.41, 5.74) is 7.59. The van der Waals surface area contributed by atoms with Crippen molar-refractivity contribution in [1.29, 1.82) is 0 Å². The molecule has 0 aliphatic rings. The molecular weight excluding hydrogens is 372 g/mol. The molecule has 0 aliphatic carbocycles. The number of hydrogen-bond acceptors (Lipinski definition) is 3. The maximum absolute atomic E-state index is 12.0. The lowest BCUT2D eigenvalue weighted by Crippen LogP contribution is -2.19. The number of nitrogens with two attached hydrogens (primary N) is 1. The molecule has 124 valence electrons. The largest absolute Gasteiger partial charge is 0.484 e. The molecule has 0 radical (unpaired) electrons. The number of amides is 2. The first-order valence-electron chi connectivity index (χ1n) is 7.20. The predicted octanol–water partition coefficient (Wildman–Crippen LogP) is 3.27. The zero-order valence-electron chi connectivity index (χ0n) is 13.1. The topological polar surface area (TPSA) is 81.4 Å². The summed E-state index contributed by atoms with van der Waals surface area (Å²) in [5, 5.41) is 2.83. The summed E-state index contributed by atoms with van der Waals surface area (Å²) in [7, 11) is 0. The maximum Gasteiger partial charge on any atom is 0.255 e. The SMILES string of the molecule is Cc1cc(Br)ccc1NC(=O)/C=C/c1ccc(OCC(N)=O)cc1. The molecule has 2 aromatic rings. The second-order valence-corrected chi connectivity index (χ2v) is 6.02. The summed E-state index contributed by atoms with van der Waals surface area (Å²) in [5.74, 6) is -0.200. The molecule has 2 aromatic carbocycles. The third-order valence-electron chi connectivity index (χ3n) is 3.13. The molecule has 24 heavy (non-hydrogen) atoms. The number of nitrogens with one attached hydrogen (secondary N) is 1. The Hall–Kier alpha value is -2.60. The molecule has 0 fully saturated rings. The zero-order chi connectivity index (χ0) is 17.5. The first-order chi connectivity index (χ1) is 11.4. The quantitative estimate of drug-likeness (QED) is 0.744. The van der Waals surface area contributed by atoms with Gasteiger partial charge in [-0.3, -0.25) is 9.59 Å².